The monoisotopic (exact) mass is 304 g/mol. The molecular formula is C16H17ClN2O2. The number of pyridine rings is 1. The van der Waals surface area contributed by atoms with Crippen molar-refractivity contribution in [2.24, 2.45) is 0 Å². The van der Waals surface area contributed by atoms with Gasteiger partial charge in [-0.3, -0.25) is 0 Å². The van der Waals surface area contributed by atoms with Crippen LogP contribution in [0.5, 0.6) is 11.5 Å². The lowest BCUT2D eigenvalue weighted by Crippen LogP contribution is -2.30. The van der Waals surface area contributed by atoms with Gasteiger partial charge in [-0.05, 0) is 23.6 Å². The number of anilines is 1. The molecule has 2 aromatic rings. The van der Waals surface area contributed by atoms with Crippen LogP contribution in [0.1, 0.15) is 11.1 Å². The summed E-state index contributed by atoms with van der Waals surface area (Å²) in [6, 6.07) is 7.89. The molecule has 21 heavy (non-hydrogen) atoms. The van der Waals surface area contributed by atoms with Gasteiger partial charge in [0.15, 0.2) is 0 Å². The Balaban J connectivity index is 1.90. The van der Waals surface area contributed by atoms with Crippen molar-refractivity contribution in [2.45, 2.75) is 13.0 Å². The molecule has 0 amide bonds. The van der Waals surface area contributed by atoms with Crippen LogP contribution in [0.3, 0.4) is 0 Å². The van der Waals surface area contributed by atoms with E-state index in [0.717, 1.165) is 36.7 Å². The minimum atomic E-state index is 0.560. The summed E-state index contributed by atoms with van der Waals surface area (Å²) in [7, 11) is 3.33. The van der Waals surface area contributed by atoms with E-state index in [4.69, 9.17) is 21.1 Å². The molecule has 0 unspecified atom stereocenters. The Kier molecular flexibility index (Phi) is 3.88. The fourth-order valence-electron chi connectivity index (χ4n) is 2.61. The second-order valence-electron chi connectivity index (χ2n) is 5.02. The van der Waals surface area contributed by atoms with E-state index in [1.807, 2.05) is 30.5 Å². The summed E-state index contributed by atoms with van der Waals surface area (Å²) in [5.74, 6) is 1.59. The molecule has 0 spiro atoms. The molecule has 0 radical (unpaired) electrons. The Hall–Kier alpha value is -1.94. The van der Waals surface area contributed by atoms with Gasteiger partial charge >= 0.3 is 0 Å². The standard InChI is InChI=1S/C16H17ClN2O2/c1-20-14-6-13(7-15(8-14)21-2)19-4-3-11-5-16(17)18-9-12(11)10-19/h5-9H,3-4,10H2,1-2H3. The van der Waals surface area contributed by atoms with Gasteiger partial charge in [-0.25, -0.2) is 4.98 Å². The number of fused-ring (bicyclic) bond motifs is 1. The van der Waals surface area contributed by atoms with E-state index in [1.165, 1.54) is 11.1 Å². The third-order valence-corrected chi connectivity index (χ3v) is 3.97. The first-order valence-corrected chi connectivity index (χ1v) is 7.18. The number of rotatable bonds is 3. The normalized spacial score (nSPS) is 13.8. The number of methoxy groups -OCH3 is 2. The van der Waals surface area contributed by atoms with Crippen LogP contribution in [0.4, 0.5) is 5.69 Å². The zero-order valence-corrected chi connectivity index (χ0v) is 12.9. The molecule has 110 valence electrons. The van der Waals surface area contributed by atoms with Crippen LogP contribution in [0.15, 0.2) is 30.5 Å². The molecule has 5 heteroatoms. The van der Waals surface area contributed by atoms with Crippen LogP contribution < -0.4 is 14.4 Å². The van der Waals surface area contributed by atoms with Crippen molar-refractivity contribution in [3.05, 3.63) is 46.7 Å². The number of hydrogen-bond acceptors (Lipinski definition) is 4. The predicted molar refractivity (Wildman–Crippen MR) is 83.5 cm³/mol. The van der Waals surface area contributed by atoms with Gasteiger partial charge in [-0.15, -0.1) is 0 Å². The SMILES string of the molecule is COc1cc(OC)cc(N2CCc3cc(Cl)ncc3C2)c1. The fraction of sp³-hybridized carbons (Fsp3) is 0.312. The molecule has 0 atom stereocenters. The third-order valence-electron chi connectivity index (χ3n) is 3.76. The highest BCUT2D eigenvalue weighted by atomic mass is 35.5. The third kappa shape index (κ3) is 2.90. The van der Waals surface area contributed by atoms with Gasteiger partial charge in [0.05, 0.1) is 14.2 Å². The molecule has 1 aromatic carbocycles. The highest BCUT2D eigenvalue weighted by Gasteiger charge is 2.18. The summed E-state index contributed by atoms with van der Waals surface area (Å²) in [5.41, 5.74) is 3.58. The number of benzene rings is 1. The molecule has 0 bridgehead atoms. The average Bonchev–Trinajstić information content (AvgIpc) is 2.53. The molecule has 2 heterocycles. The van der Waals surface area contributed by atoms with Crippen molar-refractivity contribution in [3.8, 4) is 11.5 Å². The quantitative estimate of drug-likeness (QED) is 0.815. The van der Waals surface area contributed by atoms with Gasteiger partial charge in [0.25, 0.3) is 0 Å². The van der Waals surface area contributed by atoms with Crippen molar-refractivity contribution in [3.63, 3.8) is 0 Å². The first kappa shape index (κ1) is 14.0. The Labute approximate surface area is 129 Å². The zero-order chi connectivity index (χ0) is 14.8. The molecule has 3 rings (SSSR count). The summed E-state index contributed by atoms with van der Waals surface area (Å²) in [6.07, 6.45) is 2.82. The molecule has 1 aliphatic rings. The maximum atomic E-state index is 5.95. The number of halogens is 1. The molecule has 0 saturated carbocycles. The van der Waals surface area contributed by atoms with E-state index in [1.54, 1.807) is 14.2 Å². The van der Waals surface area contributed by atoms with E-state index < -0.39 is 0 Å². The van der Waals surface area contributed by atoms with Gasteiger partial charge in [0.2, 0.25) is 0 Å². The van der Waals surface area contributed by atoms with E-state index >= 15 is 0 Å². The van der Waals surface area contributed by atoms with Gasteiger partial charge in [0, 0.05) is 43.2 Å². The Morgan fingerprint density at radius 2 is 1.76 bits per heavy atom. The van der Waals surface area contributed by atoms with E-state index in [-0.39, 0.29) is 0 Å². The van der Waals surface area contributed by atoms with Crippen molar-refractivity contribution in [1.82, 2.24) is 4.98 Å². The van der Waals surface area contributed by atoms with Crippen LogP contribution >= 0.6 is 11.6 Å². The van der Waals surface area contributed by atoms with Crippen molar-refractivity contribution < 1.29 is 9.47 Å². The van der Waals surface area contributed by atoms with Gasteiger partial charge in [0.1, 0.15) is 16.7 Å². The Morgan fingerprint density at radius 3 is 2.43 bits per heavy atom. The smallest absolute Gasteiger partial charge is 0.129 e. The van der Waals surface area contributed by atoms with E-state index in [0.29, 0.717) is 5.15 Å². The molecule has 0 aliphatic carbocycles. The number of hydrogen-bond donors (Lipinski definition) is 0. The second kappa shape index (κ2) is 5.82. The van der Waals surface area contributed by atoms with Crippen molar-refractivity contribution in [1.29, 1.82) is 0 Å². The molecule has 1 aromatic heterocycles. The number of nitrogens with zero attached hydrogens (tertiary/aromatic N) is 2. The lowest BCUT2D eigenvalue weighted by Gasteiger charge is -2.31. The molecule has 1 aliphatic heterocycles. The van der Waals surface area contributed by atoms with Gasteiger partial charge in [-0.1, -0.05) is 11.6 Å². The lowest BCUT2D eigenvalue weighted by atomic mass is 10.0. The summed E-state index contributed by atoms with van der Waals surface area (Å²) in [5, 5.41) is 0.560. The van der Waals surface area contributed by atoms with Crippen molar-refractivity contribution in [2.75, 3.05) is 25.7 Å². The van der Waals surface area contributed by atoms with E-state index in [9.17, 15) is 0 Å². The number of ether oxygens (including phenoxy) is 2. The highest BCUT2D eigenvalue weighted by Crippen LogP contribution is 2.31. The van der Waals surface area contributed by atoms with Gasteiger partial charge < -0.3 is 14.4 Å². The van der Waals surface area contributed by atoms with Crippen LogP contribution in [0.25, 0.3) is 0 Å². The second-order valence-corrected chi connectivity index (χ2v) is 5.41. The molecular weight excluding hydrogens is 288 g/mol. The topological polar surface area (TPSA) is 34.6 Å². The van der Waals surface area contributed by atoms with E-state index in [2.05, 4.69) is 9.88 Å². The largest absolute Gasteiger partial charge is 0.497 e. The summed E-state index contributed by atoms with van der Waals surface area (Å²) in [4.78, 5) is 6.47. The summed E-state index contributed by atoms with van der Waals surface area (Å²) < 4.78 is 10.7. The van der Waals surface area contributed by atoms with Crippen LogP contribution in [-0.2, 0) is 13.0 Å². The Morgan fingerprint density at radius 1 is 1.05 bits per heavy atom. The molecule has 4 nitrogen and oxygen atoms in total. The first-order chi connectivity index (χ1) is 10.2. The maximum absolute atomic E-state index is 5.95. The van der Waals surface area contributed by atoms with Crippen LogP contribution in [-0.4, -0.2) is 25.7 Å². The minimum Gasteiger partial charge on any atom is -0.497 e. The fourth-order valence-corrected chi connectivity index (χ4v) is 2.79. The highest BCUT2D eigenvalue weighted by molar-refractivity contribution is 6.29. The molecule has 0 saturated heterocycles. The summed E-state index contributed by atoms with van der Waals surface area (Å²) in [6.45, 7) is 1.75. The van der Waals surface area contributed by atoms with Gasteiger partial charge in [-0.2, -0.15) is 0 Å². The maximum Gasteiger partial charge on any atom is 0.129 e. The average molecular weight is 305 g/mol. The zero-order valence-electron chi connectivity index (χ0n) is 12.1. The van der Waals surface area contributed by atoms with Crippen molar-refractivity contribution >= 4 is 17.3 Å². The minimum absolute atomic E-state index is 0.560. The first-order valence-electron chi connectivity index (χ1n) is 6.81. The lowest BCUT2D eigenvalue weighted by molar-refractivity contribution is 0.394. The molecule has 0 fully saturated rings. The Bertz CT molecular complexity index is 638. The predicted octanol–water partition coefficient (Wildman–Crippen LogP) is 3.31. The van der Waals surface area contributed by atoms with Crippen LogP contribution in [0, 0.1) is 0 Å². The molecule has 0 N–H and O–H groups in total. The number of aromatic nitrogens is 1. The summed E-state index contributed by atoms with van der Waals surface area (Å²) >= 11 is 5.95. The van der Waals surface area contributed by atoms with Crippen LogP contribution in [0.2, 0.25) is 5.15 Å².